The summed E-state index contributed by atoms with van der Waals surface area (Å²) in [7, 11) is 0. The van der Waals surface area contributed by atoms with Crippen molar-refractivity contribution in [2.45, 2.75) is 17.9 Å². The van der Waals surface area contributed by atoms with Crippen molar-refractivity contribution in [2.75, 3.05) is 12.4 Å². The first kappa shape index (κ1) is 10.5. The highest BCUT2D eigenvalue weighted by Gasteiger charge is 2.03. The van der Waals surface area contributed by atoms with Gasteiger partial charge >= 0.3 is 0 Å². The Morgan fingerprint density at radius 3 is 2.46 bits per heavy atom. The molecule has 0 aliphatic rings. The summed E-state index contributed by atoms with van der Waals surface area (Å²) in [6.45, 7) is 1.60. The summed E-state index contributed by atoms with van der Waals surface area (Å²) in [5, 5.41) is 0. The van der Waals surface area contributed by atoms with E-state index < -0.39 is 12.7 Å². The molecular formula is C10H14FNS. The lowest BCUT2D eigenvalue weighted by Crippen LogP contribution is -2.11. The zero-order valence-corrected chi connectivity index (χ0v) is 8.48. The molecule has 0 heterocycles. The number of hydrogen-bond acceptors (Lipinski definition) is 2. The predicted octanol–water partition coefficient (Wildman–Crippen LogP) is 2.77. The quantitative estimate of drug-likeness (QED) is 0.755. The molecule has 13 heavy (non-hydrogen) atoms. The van der Waals surface area contributed by atoms with Gasteiger partial charge in [-0.1, -0.05) is 19.1 Å². The lowest BCUT2D eigenvalue weighted by molar-refractivity contribution is 0.437. The van der Waals surface area contributed by atoms with E-state index in [1.807, 2.05) is 24.3 Å². The third kappa shape index (κ3) is 3.01. The molecule has 0 saturated heterocycles. The van der Waals surface area contributed by atoms with Gasteiger partial charge in [0.2, 0.25) is 0 Å². The SMILES string of the molecule is CCSc1ccc([C@@H](N)CF)cc1. The number of hydrogen-bond donors (Lipinski definition) is 1. The average Bonchev–Trinajstić information content (AvgIpc) is 2.18. The highest BCUT2D eigenvalue weighted by atomic mass is 32.2. The van der Waals surface area contributed by atoms with E-state index in [1.165, 1.54) is 4.90 Å². The zero-order valence-electron chi connectivity index (χ0n) is 7.66. The summed E-state index contributed by atoms with van der Waals surface area (Å²) >= 11 is 1.77. The Balaban J connectivity index is 2.69. The van der Waals surface area contributed by atoms with Gasteiger partial charge in [-0.25, -0.2) is 4.39 Å². The lowest BCUT2D eigenvalue weighted by Gasteiger charge is -2.07. The Hall–Kier alpha value is -0.540. The van der Waals surface area contributed by atoms with Crippen LogP contribution < -0.4 is 5.73 Å². The fourth-order valence-electron chi connectivity index (χ4n) is 1.07. The van der Waals surface area contributed by atoms with Gasteiger partial charge in [0.05, 0.1) is 6.04 Å². The van der Waals surface area contributed by atoms with Crippen molar-refractivity contribution in [3.05, 3.63) is 29.8 Å². The first-order valence-corrected chi connectivity index (χ1v) is 5.30. The van der Waals surface area contributed by atoms with Crippen LogP contribution in [0.4, 0.5) is 4.39 Å². The first-order valence-electron chi connectivity index (χ1n) is 4.32. The van der Waals surface area contributed by atoms with E-state index in [1.54, 1.807) is 11.8 Å². The summed E-state index contributed by atoms with van der Waals surface area (Å²) in [6.07, 6.45) is 0. The van der Waals surface area contributed by atoms with Crippen LogP contribution in [0.5, 0.6) is 0 Å². The number of halogens is 1. The van der Waals surface area contributed by atoms with E-state index in [4.69, 9.17) is 5.73 Å². The normalized spacial score (nSPS) is 12.8. The highest BCUT2D eigenvalue weighted by molar-refractivity contribution is 7.99. The van der Waals surface area contributed by atoms with Crippen LogP contribution in [0.25, 0.3) is 0 Å². The molecule has 1 aromatic carbocycles. The van der Waals surface area contributed by atoms with Gasteiger partial charge in [0, 0.05) is 4.90 Å². The van der Waals surface area contributed by atoms with Crippen LogP contribution in [0.1, 0.15) is 18.5 Å². The molecule has 0 unspecified atom stereocenters. The molecule has 0 amide bonds. The average molecular weight is 199 g/mol. The summed E-state index contributed by atoms with van der Waals surface area (Å²) < 4.78 is 12.2. The van der Waals surface area contributed by atoms with Gasteiger partial charge in [0.1, 0.15) is 6.67 Å². The molecule has 1 nitrogen and oxygen atoms in total. The van der Waals surface area contributed by atoms with Gasteiger partial charge in [0.15, 0.2) is 0 Å². The topological polar surface area (TPSA) is 26.0 Å². The molecule has 1 aromatic rings. The second kappa shape index (κ2) is 5.25. The maximum Gasteiger partial charge on any atom is 0.109 e. The van der Waals surface area contributed by atoms with Gasteiger partial charge in [-0.05, 0) is 23.4 Å². The van der Waals surface area contributed by atoms with E-state index in [2.05, 4.69) is 6.92 Å². The molecule has 0 spiro atoms. The first-order chi connectivity index (χ1) is 6.27. The van der Waals surface area contributed by atoms with Crippen molar-refractivity contribution in [2.24, 2.45) is 5.73 Å². The number of rotatable bonds is 4. The second-order valence-corrected chi connectivity index (χ2v) is 4.10. The molecule has 0 fully saturated rings. The maximum absolute atomic E-state index is 12.2. The van der Waals surface area contributed by atoms with E-state index in [-0.39, 0.29) is 0 Å². The van der Waals surface area contributed by atoms with E-state index in [0.717, 1.165) is 11.3 Å². The van der Waals surface area contributed by atoms with Gasteiger partial charge in [-0.15, -0.1) is 11.8 Å². The maximum atomic E-state index is 12.2. The van der Waals surface area contributed by atoms with Crippen molar-refractivity contribution < 1.29 is 4.39 Å². The van der Waals surface area contributed by atoms with Crippen LogP contribution in [-0.2, 0) is 0 Å². The monoisotopic (exact) mass is 199 g/mol. The molecule has 0 saturated carbocycles. The summed E-state index contributed by atoms with van der Waals surface area (Å²) in [6, 6.07) is 7.28. The van der Waals surface area contributed by atoms with Crippen molar-refractivity contribution in [3.63, 3.8) is 0 Å². The molecule has 2 N–H and O–H groups in total. The van der Waals surface area contributed by atoms with Gasteiger partial charge in [0.25, 0.3) is 0 Å². The molecule has 72 valence electrons. The third-order valence-electron chi connectivity index (χ3n) is 1.79. The van der Waals surface area contributed by atoms with Crippen LogP contribution in [0.15, 0.2) is 29.2 Å². The molecular weight excluding hydrogens is 185 g/mol. The van der Waals surface area contributed by atoms with Crippen molar-refractivity contribution in [3.8, 4) is 0 Å². The minimum absolute atomic E-state index is 0.472. The molecule has 0 aromatic heterocycles. The lowest BCUT2D eigenvalue weighted by atomic mass is 10.1. The van der Waals surface area contributed by atoms with Crippen molar-refractivity contribution in [1.29, 1.82) is 0 Å². The minimum atomic E-state index is -0.500. The van der Waals surface area contributed by atoms with E-state index in [9.17, 15) is 4.39 Å². The fourth-order valence-corrected chi connectivity index (χ4v) is 1.73. The molecule has 0 bridgehead atoms. The number of alkyl halides is 1. The predicted molar refractivity (Wildman–Crippen MR) is 55.7 cm³/mol. The Labute approximate surface area is 82.5 Å². The molecule has 1 atom stereocenters. The Morgan fingerprint density at radius 1 is 1.38 bits per heavy atom. The summed E-state index contributed by atoms with van der Waals surface area (Å²) in [5.41, 5.74) is 6.40. The van der Waals surface area contributed by atoms with Gasteiger partial charge in [-0.3, -0.25) is 0 Å². The Morgan fingerprint density at radius 2 is 2.00 bits per heavy atom. The molecule has 0 aliphatic heterocycles. The van der Waals surface area contributed by atoms with Crippen LogP contribution in [0, 0.1) is 0 Å². The number of thioether (sulfide) groups is 1. The summed E-state index contributed by atoms with van der Waals surface area (Å²) in [5.74, 6) is 1.05. The number of nitrogens with two attached hydrogens (primary N) is 1. The minimum Gasteiger partial charge on any atom is -0.322 e. The van der Waals surface area contributed by atoms with Gasteiger partial charge in [-0.2, -0.15) is 0 Å². The van der Waals surface area contributed by atoms with E-state index in [0.29, 0.717) is 0 Å². The van der Waals surface area contributed by atoms with Gasteiger partial charge < -0.3 is 5.73 Å². The van der Waals surface area contributed by atoms with Crippen molar-refractivity contribution >= 4 is 11.8 Å². The number of benzene rings is 1. The Kier molecular flexibility index (Phi) is 4.25. The van der Waals surface area contributed by atoms with Crippen molar-refractivity contribution in [1.82, 2.24) is 0 Å². The smallest absolute Gasteiger partial charge is 0.109 e. The molecule has 0 radical (unpaired) electrons. The van der Waals surface area contributed by atoms with Crippen LogP contribution in [0.3, 0.4) is 0 Å². The largest absolute Gasteiger partial charge is 0.322 e. The van der Waals surface area contributed by atoms with Crippen LogP contribution in [-0.4, -0.2) is 12.4 Å². The highest BCUT2D eigenvalue weighted by Crippen LogP contribution is 2.19. The molecule has 0 aliphatic carbocycles. The van der Waals surface area contributed by atoms with Crippen LogP contribution >= 0.6 is 11.8 Å². The Bertz CT molecular complexity index is 248. The summed E-state index contributed by atoms with van der Waals surface area (Å²) in [4.78, 5) is 1.21. The third-order valence-corrected chi connectivity index (χ3v) is 2.68. The molecule has 3 heteroatoms. The second-order valence-electron chi connectivity index (χ2n) is 2.76. The molecule has 1 rings (SSSR count). The standard InChI is InChI=1S/C10H14FNS/c1-2-13-9-5-3-8(4-6-9)10(12)7-11/h3-6,10H,2,7,12H2,1H3/t10-/m0/s1. The zero-order chi connectivity index (χ0) is 9.68. The van der Waals surface area contributed by atoms with Crippen LogP contribution in [0.2, 0.25) is 0 Å². The van der Waals surface area contributed by atoms with E-state index >= 15 is 0 Å². The fraction of sp³-hybridized carbons (Fsp3) is 0.400.